The van der Waals surface area contributed by atoms with E-state index in [9.17, 15) is 4.79 Å². The van der Waals surface area contributed by atoms with Crippen LogP contribution in [0.5, 0.6) is 0 Å². The number of thiophene rings is 1. The Morgan fingerprint density at radius 1 is 1.65 bits per heavy atom. The van der Waals surface area contributed by atoms with E-state index in [2.05, 4.69) is 15.4 Å². The number of nitrogens with zero attached hydrogens (tertiary/aromatic N) is 3. The third-order valence-corrected chi connectivity index (χ3v) is 3.24. The van der Waals surface area contributed by atoms with E-state index in [1.54, 1.807) is 4.68 Å². The quantitative estimate of drug-likeness (QED) is 0.899. The highest BCUT2D eigenvalue weighted by molar-refractivity contribution is 7.08. The molecule has 1 N–H and O–H groups in total. The molecule has 0 unspecified atom stereocenters. The smallest absolute Gasteiger partial charge is 0.252 e. The van der Waals surface area contributed by atoms with Gasteiger partial charge in [-0.2, -0.15) is 16.4 Å². The molecule has 2 aromatic heterocycles. The van der Waals surface area contributed by atoms with Crippen LogP contribution in [0, 0.1) is 0 Å². The molecule has 90 valence electrons. The lowest BCUT2D eigenvalue weighted by atomic mass is 10.2. The monoisotopic (exact) mass is 250 g/mol. The first kappa shape index (κ1) is 11.8. The molecule has 0 saturated carbocycles. The molecule has 0 saturated heterocycles. The molecule has 2 aromatic rings. The Morgan fingerprint density at radius 3 is 3.00 bits per heavy atom. The van der Waals surface area contributed by atoms with E-state index in [4.69, 9.17) is 0 Å². The number of carbonyl (C=O) groups is 1. The van der Waals surface area contributed by atoms with E-state index < -0.39 is 0 Å². The topological polar surface area (TPSA) is 59.8 Å². The van der Waals surface area contributed by atoms with E-state index in [-0.39, 0.29) is 11.9 Å². The molecule has 6 heteroatoms. The zero-order valence-corrected chi connectivity index (χ0v) is 10.6. The van der Waals surface area contributed by atoms with Crippen LogP contribution in [0.3, 0.4) is 0 Å². The van der Waals surface area contributed by atoms with Crippen molar-refractivity contribution in [3.8, 4) is 0 Å². The standard InChI is InChI=1S/C11H14N4OS/c1-3-9(10-12-7-13-15(10)2)14-11(16)8-4-5-17-6-8/h4-7,9H,3H2,1-2H3,(H,14,16)/t9-/m1/s1. The average Bonchev–Trinajstić information content (AvgIpc) is 2.96. The zero-order chi connectivity index (χ0) is 12.3. The fraction of sp³-hybridized carbons (Fsp3) is 0.364. The Balaban J connectivity index is 2.11. The Hall–Kier alpha value is -1.69. The molecule has 0 aliphatic rings. The van der Waals surface area contributed by atoms with Crippen molar-refractivity contribution in [2.45, 2.75) is 19.4 Å². The fourth-order valence-corrected chi connectivity index (χ4v) is 2.24. The van der Waals surface area contributed by atoms with Gasteiger partial charge in [-0.05, 0) is 17.9 Å². The summed E-state index contributed by atoms with van der Waals surface area (Å²) in [6.45, 7) is 2.01. The fourth-order valence-electron chi connectivity index (χ4n) is 1.61. The summed E-state index contributed by atoms with van der Waals surface area (Å²) in [7, 11) is 1.82. The van der Waals surface area contributed by atoms with Crippen molar-refractivity contribution >= 4 is 17.2 Å². The Kier molecular flexibility index (Phi) is 3.53. The maximum atomic E-state index is 11.9. The first-order valence-corrected chi connectivity index (χ1v) is 6.33. The number of aromatic nitrogens is 3. The highest BCUT2D eigenvalue weighted by Crippen LogP contribution is 2.14. The lowest BCUT2D eigenvalue weighted by molar-refractivity contribution is 0.0933. The van der Waals surface area contributed by atoms with Crippen molar-refractivity contribution in [2.75, 3.05) is 0 Å². The van der Waals surface area contributed by atoms with Gasteiger partial charge in [-0.25, -0.2) is 4.98 Å². The van der Waals surface area contributed by atoms with Gasteiger partial charge in [0.15, 0.2) is 0 Å². The largest absolute Gasteiger partial charge is 0.342 e. The van der Waals surface area contributed by atoms with Gasteiger partial charge in [-0.15, -0.1) is 0 Å². The van der Waals surface area contributed by atoms with Gasteiger partial charge in [-0.1, -0.05) is 6.92 Å². The van der Waals surface area contributed by atoms with Crippen LogP contribution in [0.4, 0.5) is 0 Å². The predicted molar refractivity (Wildman–Crippen MR) is 65.8 cm³/mol. The van der Waals surface area contributed by atoms with E-state index in [0.29, 0.717) is 5.56 Å². The van der Waals surface area contributed by atoms with E-state index >= 15 is 0 Å². The van der Waals surface area contributed by atoms with Gasteiger partial charge in [-0.3, -0.25) is 9.48 Å². The first-order chi connectivity index (χ1) is 8.22. The molecule has 1 atom stereocenters. The van der Waals surface area contributed by atoms with Gasteiger partial charge < -0.3 is 5.32 Å². The highest BCUT2D eigenvalue weighted by Gasteiger charge is 2.18. The number of rotatable bonds is 4. The zero-order valence-electron chi connectivity index (χ0n) is 9.75. The molecule has 2 rings (SSSR count). The van der Waals surface area contributed by atoms with Crippen molar-refractivity contribution in [3.05, 3.63) is 34.5 Å². The number of amides is 1. The van der Waals surface area contributed by atoms with Crippen LogP contribution in [-0.4, -0.2) is 20.7 Å². The van der Waals surface area contributed by atoms with Crippen LogP contribution in [0.15, 0.2) is 23.2 Å². The van der Waals surface area contributed by atoms with Crippen LogP contribution in [0.2, 0.25) is 0 Å². The summed E-state index contributed by atoms with van der Waals surface area (Å²) in [4.78, 5) is 16.1. The second-order valence-corrected chi connectivity index (χ2v) is 4.47. The normalized spacial score (nSPS) is 12.4. The second-order valence-electron chi connectivity index (χ2n) is 3.69. The minimum absolute atomic E-state index is 0.0684. The molecule has 5 nitrogen and oxygen atoms in total. The highest BCUT2D eigenvalue weighted by atomic mass is 32.1. The van der Waals surface area contributed by atoms with Gasteiger partial charge in [0, 0.05) is 12.4 Å². The van der Waals surface area contributed by atoms with Crippen LogP contribution in [0.25, 0.3) is 0 Å². The number of hydrogen-bond donors (Lipinski definition) is 1. The Labute approximate surface area is 103 Å². The lowest BCUT2D eigenvalue weighted by Gasteiger charge is -2.15. The Morgan fingerprint density at radius 2 is 2.47 bits per heavy atom. The third kappa shape index (κ3) is 2.52. The summed E-state index contributed by atoms with van der Waals surface area (Å²) < 4.78 is 1.68. The van der Waals surface area contributed by atoms with E-state index in [1.807, 2.05) is 30.8 Å². The summed E-state index contributed by atoms with van der Waals surface area (Å²) in [6.07, 6.45) is 2.27. The van der Waals surface area contributed by atoms with Crippen LogP contribution in [-0.2, 0) is 7.05 Å². The predicted octanol–water partition coefficient (Wildman–Crippen LogP) is 1.76. The molecule has 0 aliphatic carbocycles. The lowest BCUT2D eigenvalue weighted by Crippen LogP contribution is -2.29. The minimum atomic E-state index is -0.102. The molecule has 0 bridgehead atoms. The van der Waals surface area contributed by atoms with Crippen molar-refractivity contribution in [3.63, 3.8) is 0 Å². The summed E-state index contributed by atoms with van der Waals surface area (Å²) in [5.74, 6) is 0.706. The van der Waals surface area contributed by atoms with Gasteiger partial charge >= 0.3 is 0 Å². The van der Waals surface area contributed by atoms with Crippen molar-refractivity contribution in [1.29, 1.82) is 0 Å². The van der Waals surface area contributed by atoms with Gasteiger partial charge in [0.25, 0.3) is 5.91 Å². The average molecular weight is 250 g/mol. The summed E-state index contributed by atoms with van der Waals surface area (Å²) in [6, 6.07) is 1.71. The summed E-state index contributed by atoms with van der Waals surface area (Å²) in [5.41, 5.74) is 0.690. The summed E-state index contributed by atoms with van der Waals surface area (Å²) >= 11 is 1.51. The van der Waals surface area contributed by atoms with E-state index in [1.165, 1.54) is 17.7 Å². The van der Waals surface area contributed by atoms with Crippen LogP contribution in [0.1, 0.15) is 35.6 Å². The van der Waals surface area contributed by atoms with Gasteiger partial charge in [0.2, 0.25) is 0 Å². The minimum Gasteiger partial charge on any atom is -0.342 e. The molecule has 1 amide bonds. The molecule has 0 aromatic carbocycles. The first-order valence-electron chi connectivity index (χ1n) is 5.39. The number of carbonyl (C=O) groups excluding carboxylic acids is 1. The molecule has 0 spiro atoms. The maximum Gasteiger partial charge on any atom is 0.252 e. The molecule has 0 aliphatic heterocycles. The summed E-state index contributed by atoms with van der Waals surface area (Å²) in [5, 5.41) is 10.7. The number of hydrogen-bond acceptors (Lipinski definition) is 4. The van der Waals surface area contributed by atoms with Gasteiger partial charge in [0.1, 0.15) is 12.2 Å². The second kappa shape index (κ2) is 5.09. The molecular formula is C11H14N4OS. The molecule has 17 heavy (non-hydrogen) atoms. The molecule has 0 fully saturated rings. The van der Waals surface area contributed by atoms with E-state index in [0.717, 1.165) is 12.2 Å². The van der Waals surface area contributed by atoms with Crippen LogP contribution >= 0.6 is 11.3 Å². The van der Waals surface area contributed by atoms with Crippen molar-refractivity contribution in [2.24, 2.45) is 7.05 Å². The maximum absolute atomic E-state index is 11.9. The molecule has 0 radical (unpaired) electrons. The molecular weight excluding hydrogens is 236 g/mol. The SMILES string of the molecule is CC[C@@H](NC(=O)c1ccsc1)c1ncnn1C. The third-order valence-electron chi connectivity index (χ3n) is 2.56. The van der Waals surface area contributed by atoms with Crippen molar-refractivity contribution in [1.82, 2.24) is 20.1 Å². The van der Waals surface area contributed by atoms with Gasteiger partial charge in [0.05, 0.1) is 11.6 Å². The van der Waals surface area contributed by atoms with Crippen molar-refractivity contribution < 1.29 is 4.79 Å². The van der Waals surface area contributed by atoms with Crippen LogP contribution < -0.4 is 5.32 Å². The Bertz CT molecular complexity index is 491. The number of aryl methyl sites for hydroxylation is 1. The number of nitrogens with one attached hydrogen (secondary N) is 1. The molecule has 2 heterocycles.